The Kier molecular flexibility index (Phi) is 7.44. The highest BCUT2D eigenvalue weighted by Crippen LogP contribution is 2.31. The van der Waals surface area contributed by atoms with E-state index in [0.29, 0.717) is 13.0 Å². The summed E-state index contributed by atoms with van der Waals surface area (Å²) < 4.78 is 2.11. The number of carbonyl (C=O) groups excluding carboxylic acids is 1. The van der Waals surface area contributed by atoms with Gasteiger partial charge in [-0.2, -0.15) is 0 Å². The van der Waals surface area contributed by atoms with E-state index in [1.807, 2.05) is 17.0 Å². The molecular weight excluding hydrogens is 446 g/mol. The van der Waals surface area contributed by atoms with Crippen molar-refractivity contribution in [1.29, 1.82) is 0 Å². The molecule has 3 aromatic rings. The number of aromatic nitrogens is 1. The number of benzene rings is 2. The van der Waals surface area contributed by atoms with Gasteiger partial charge in [0.25, 0.3) is 0 Å². The van der Waals surface area contributed by atoms with Gasteiger partial charge in [-0.3, -0.25) is 9.69 Å². The van der Waals surface area contributed by atoms with Crippen molar-refractivity contribution in [2.24, 2.45) is 0 Å². The van der Waals surface area contributed by atoms with Crippen molar-refractivity contribution < 1.29 is 4.79 Å². The normalized spacial score (nSPS) is 11.4. The topological polar surface area (TPSA) is 36.4 Å². The number of rotatable bonds is 8. The number of hydrogen-bond acceptors (Lipinski definition) is 4. The van der Waals surface area contributed by atoms with Crippen LogP contribution in [0.4, 0.5) is 5.13 Å². The van der Waals surface area contributed by atoms with E-state index in [1.165, 1.54) is 5.56 Å². The molecule has 0 bridgehead atoms. The van der Waals surface area contributed by atoms with E-state index in [0.717, 1.165) is 50.6 Å². The number of halogens is 1. The van der Waals surface area contributed by atoms with Crippen molar-refractivity contribution in [3.63, 3.8) is 0 Å². The number of nitrogens with zero attached hydrogens (tertiary/aromatic N) is 3. The van der Waals surface area contributed by atoms with E-state index in [9.17, 15) is 4.79 Å². The minimum Gasteiger partial charge on any atom is -0.302 e. The average Bonchev–Trinajstić information content (AvgIpc) is 3.10. The summed E-state index contributed by atoms with van der Waals surface area (Å²) in [5.41, 5.74) is 4.35. The lowest BCUT2D eigenvalue weighted by Gasteiger charge is -2.25. The Bertz CT molecular complexity index is 997. The molecule has 3 rings (SSSR count). The third-order valence-corrected chi connectivity index (χ3v) is 6.79. The highest BCUT2D eigenvalue weighted by atomic mass is 79.9. The highest BCUT2D eigenvalue weighted by molar-refractivity contribution is 9.10. The second kappa shape index (κ2) is 9.83. The molecule has 1 amide bonds. The summed E-state index contributed by atoms with van der Waals surface area (Å²) in [6, 6.07) is 12.3. The van der Waals surface area contributed by atoms with Gasteiger partial charge in [-0.15, -0.1) is 0 Å². The molecule has 6 heteroatoms. The zero-order valence-corrected chi connectivity index (χ0v) is 19.9. The van der Waals surface area contributed by atoms with Crippen LogP contribution in [0.2, 0.25) is 0 Å². The van der Waals surface area contributed by atoms with Gasteiger partial charge in [0.1, 0.15) is 0 Å². The van der Waals surface area contributed by atoms with Crippen LogP contribution in [-0.2, 0) is 11.2 Å². The second-order valence-corrected chi connectivity index (χ2v) is 9.21. The van der Waals surface area contributed by atoms with Crippen LogP contribution < -0.4 is 4.90 Å². The molecule has 0 spiro atoms. The van der Waals surface area contributed by atoms with E-state index < -0.39 is 0 Å². The number of anilines is 1. The monoisotopic (exact) mass is 473 g/mol. The molecule has 0 N–H and O–H groups in total. The van der Waals surface area contributed by atoms with Crippen molar-refractivity contribution in [3.8, 4) is 0 Å². The fourth-order valence-electron chi connectivity index (χ4n) is 3.36. The number of fused-ring (bicyclic) bond motifs is 1. The average molecular weight is 474 g/mol. The number of hydrogen-bond donors (Lipinski definition) is 0. The van der Waals surface area contributed by atoms with Gasteiger partial charge in [-0.1, -0.05) is 64.9 Å². The Labute approximate surface area is 185 Å². The van der Waals surface area contributed by atoms with Crippen LogP contribution in [0.5, 0.6) is 0 Å². The third kappa shape index (κ3) is 5.44. The maximum absolute atomic E-state index is 13.4. The highest BCUT2D eigenvalue weighted by Gasteiger charge is 2.21. The minimum atomic E-state index is 0.101. The molecule has 1 aromatic heterocycles. The largest absolute Gasteiger partial charge is 0.302 e. The first-order valence-electron chi connectivity index (χ1n) is 10.1. The molecule has 154 valence electrons. The van der Waals surface area contributed by atoms with Gasteiger partial charge in [0.2, 0.25) is 5.91 Å². The number of aryl methyl sites for hydroxylation is 2. The van der Waals surface area contributed by atoms with Crippen LogP contribution in [0.3, 0.4) is 0 Å². The molecule has 2 aromatic carbocycles. The van der Waals surface area contributed by atoms with Crippen LogP contribution in [0.15, 0.2) is 40.9 Å². The summed E-state index contributed by atoms with van der Waals surface area (Å²) in [4.78, 5) is 22.4. The van der Waals surface area contributed by atoms with Gasteiger partial charge < -0.3 is 4.90 Å². The number of amides is 1. The summed E-state index contributed by atoms with van der Waals surface area (Å²) in [6.07, 6.45) is 0.394. The summed E-state index contributed by atoms with van der Waals surface area (Å²) in [6.45, 7) is 11.9. The fraction of sp³-hybridized carbons (Fsp3) is 0.391. The SMILES string of the molecule is CCN(CC)CCN(C(=O)Cc1cc(C)ccc1C)c1nc2ccc(Br)cc2s1. The quantitative estimate of drug-likeness (QED) is 0.427. The number of thiazole rings is 1. The Morgan fingerprint density at radius 3 is 2.55 bits per heavy atom. The molecule has 0 aliphatic heterocycles. The molecule has 0 unspecified atom stereocenters. The molecule has 0 saturated carbocycles. The van der Waals surface area contributed by atoms with Crippen LogP contribution in [0, 0.1) is 13.8 Å². The van der Waals surface area contributed by atoms with Crippen LogP contribution in [-0.4, -0.2) is 42.0 Å². The maximum atomic E-state index is 13.4. The zero-order valence-electron chi connectivity index (χ0n) is 17.5. The van der Waals surface area contributed by atoms with E-state index in [1.54, 1.807) is 11.3 Å². The second-order valence-electron chi connectivity index (χ2n) is 7.29. The Hall–Kier alpha value is -1.76. The molecule has 0 radical (unpaired) electrons. The molecule has 0 fully saturated rings. The lowest BCUT2D eigenvalue weighted by atomic mass is 10.0. The summed E-state index contributed by atoms with van der Waals surface area (Å²) in [5.74, 6) is 0.101. The van der Waals surface area contributed by atoms with Crippen molar-refractivity contribution in [3.05, 3.63) is 57.6 Å². The van der Waals surface area contributed by atoms with Crippen molar-refractivity contribution >= 4 is 48.5 Å². The zero-order chi connectivity index (χ0) is 21.0. The number of carbonyl (C=O) groups is 1. The van der Waals surface area contributed by atoms with E-state index in [4.69, 9.17) is 4.98 Å². The molecule has 0 aliphatic carbocycles. The van der Waals surface area contributed by atoms with Gasteiger partial charge >= 0.3 is 0 Å². The lowest BCUT2D eigenvalue weighted by molar-refractivity contribution is -0.118. The first-order chi connectivity index (χ1) is 13.9. The van der Waals surface area contributed by atoms with Crippen molar-refractivity contribution in [1.82, 2.24) is 9.88 Å². The maximum Gasteiger partial charge on any atom is 0.233 e. The molecular formula is C23H28BrN3OS. The predicted octanol–water partition coefficient (Wildman–Crippen LogP) is 5.59. The van der Waals surface area contributed by atoms with Gasteiger partial charge in [-0.25, -0.2) is 4.98 Å². The summed E-state index contributed by atoms with van der Waals surface area (Å²) >= 11 is 5.10. The fourth-order valence-corrected chi connectivity index (χ4v) is 4.92. The van der Waals surface area contributed by atoms with Gasteiger partial charge in [-0.05, 0) is 56.3 Å². The summed E-state index contributed by atoms with van der Waals surface area (Å²) in [7, 11) is 0. The van der Waals surface area contributed by atoms with Gasteiger partial charge in [0, 0.05) is 17.6 Å². The van der Waals surface area contributed by atoms with E-state index in [2.05, 4.69) is 72.8 Å². The van der Waals surface area contributed by atoms with Crippen molar-refractivity contribution in [2.45, 2.75) is 34.1 Å². The number of likely N-dealkylation sites (N-methyl/N-ethyl adjacent to an activating group) is 1. The molecule has 0 atom stereocenters. The Morgan fingerprint density at radius 1 is 1.07 bits per heavy atom. The smallest absolute Gasteiger partial charge is 0.233 e. The van der Waals surface area contributed by atoms with Crippen LogP contribution in [0.1, 0.15) is 30.5 Å². The summed E-state index contributed by atoms with van der Waals surface area (Å²) in [5, 5.41) is 0.778. The first kappa shape index (κ1) is 21.9. The molecule has 29 heavy (non-hydrogen) atoms. The van der Waals surface area contributed by atoms with E-state index in [-0.39, 0.29) is 5.91 Å². The lowest BCUT2D eigenvalue weighted by Crippen LogP contribution is -2.39. The first-order valence-corrected chi connectivity index (χ1v) is 11.7. The van der Waals surface area contributed by atoms with E-state index >= 15 is 0 Å². The third-order valence-electron chi connectivity index (χ3n) is 5.25. The molecule has 4 nitrogen and oxygen atoms in total. The van der Waals surface area contributed by atoms with Crippen LogP contribution in [0.25, 0.3) is 10.2 Å². The molecule has 0 saturated heterocycles. The van der Waals surface area contributed by atoms with Gasteiger partial charge in [0.05, 0.1) is 16.6 Å². The Morgan fingerprint density at radius 2 is 1.83 bits per heavy atom. The minimum absolute atomic E-state index is 0.101. The molecule has 1 heterocycles. The standard InChI is InChI=1S/C23H28BrN3OS/c1-5-26(6-2)11-12-27(22(28)14-18-13-16(3)7-8-17(18)4)23-25-20-10-9-19(24)15-21(20)29-23/h7-10,13,15H,5-6,11-12,14H2,1-4H3. The Balaban J connectivity index is 1.90. The van der Waals surface area contributed by atoms with Crippen LogP contribution >= 0.6 is 27.3 Å². The van der Waals surface area contributed by atoms with Crippen molar-refractivity contribution in [2.75, 3.05) is 31.1 Å². The molecule has 0 aliphatic rings. The predicted molar refractivity (Wildman–Crippen MR) is 127 cm³/mol. The van der Waals surface area contributed by atoms with Gasteiger partial charge in [0.15, 0.2) is 5.13 Å².